The molecule has 0 fully saturated rings. The van der Waals surface area contributed by atoms with Crippen LogP contribution in [-0.2, 0) is 19.3 Å². The van der Waals surface area contributed by atoms with Crippen LogP contribution in [0.4, 0.5) is 0 Å². The molecule has 0 atom stereocenters. The Balaban J connectivity index is 3.50. The summed E-state index contributed by atoms with van der Waals surface area (Å²) in [6, 6.07) is 6.36. The van der Waals surface area contributed by atoms with E-state index in [-0.39, 0.29) is 6.42 Å². The van der Waals surface area contributed by atoms with Crippen LogP contribution >= 0.6 is 11.6 Å². The molecule has 1 aromatic carbocycles. The Hall–Kier alpha value is -1.51. The van der Waals surface area contributed by atoms with Crippen LogP contribution < -0.4 is 0 Å². The highest BCUT2D eigenvalue weighted by Crippen LogP contribution is 2.30. The third kappa shape index (κ3) is 3.99. The maximum Gasteiger partial charge on any atom is 0.0997 e. The molecule has 0 radical (unpaired) electrons. The molecule has 0 aliphatic rings. The van der Waals surface area contributed by atoms with Gasteiger partial charge in [0.25, 0.3) is 0 Å². The summed E-state index contributed by atoms with van der Waals surface area (Å²) in [5.41, 5.74) is 3.52. The molecule has 0 aliphatic carbocycles. The summed E-state index contributed by atoms with van der Waals surface area (Å²) < 4.78 is 0. The van der Waals surface area contributed by atoms with Crippen LogP contribution in [0.25, 0.3) is 0 Å². The van der Waals surface area contributed by atoms with Gasteiger partial charge in [0.1, 0.15) is 0 Å². The normalized spacial score (nSPS) is 10.7. The summed E-state index contributed by atoms with van der Waals surface area (Å²) in [4.78, 5) is 0. The highest BCUT2D eigenvalue weighted by atomic mass is 35.5. The van der Waals surface area contributed by atoms with Gasteiger partial charge in [-0.3, -0.25) is 0 Å². The van der Waals surface area contributed by atoms with E-state index in [2.05, 4.69) is 39.8 Å². The quantitative estimate of drug-likeness (QED) is 0.790. The van der Waals surface area contributed by atoms with Gasteiger partial charge in [0.2, 0.25) is 0 Å². The lowest BCUT2D eigenvalue weighted by Crippen LogP contribution is -2.08. The van der Waals surface area contributed by atoms with E-state index in [0.29, 0.717) is 16.9 Å². The topological polar surface area (TPSA) is 47.6 Å². The Morgan fingerprint density at radius 1 is 1.05 bits per heavy atom. The number of hydrogen-bond acceptors (Lipinski definition) is 2. The summed E-state index contributed by atoms with van der Waals surface area (Å²) in [7, 11) is 0. The zero-order valence-corrected chi connectivity index (χ0v) is 13.4. The number of rotatable bonds is 5. The fourth-order valence-corrected chi connectivity index (χ4v) is 2.76. The van der Waals surface area contributed by atoms with Crippen molar-refractivity contribution >= 4 is 11.6 Å². The third-order valence-electron chi connectivity index (χ3n) is 3.18. The Bertz CT molecular complexity index is 560. The van der Waals surface area contributed by atoms with Gasteiger partial charge in [-0.2, -0.15) is 10.5 Å². The third-order valence-corrected chi connectivity index (χ3v) is 3.52. The smallest absolute Gasteiger partial charge is 0.0997 e. The fraction of sp³-hybridized carbons (Fsp3) is 0.529. The van der Waals surface area contributed by atoms with Crippen LogP contribution in [0, 0.1) is 34.5 Å². The number of hydrogen-bond donors (Lipinski definition) is 0. The summed E-state index contributed by atoms with van der Waals surface area (Å²) in [6.07, 6.45) is 1.88. The van der Waals surface area contributed by atoms with E-state index in [1.54, 1.807) is 0 Å². The molecule has 1 rings (SSSR count). The van der Waals surface area contributed by atoms with Crippen molar-refractivity contribution < 1.29 is 0 Å². The SMILES string of the molecule is CC(C)Cc1cc(Cl)c(CC#N)c(CC(C)C)c1C#N. The Labute approximate surface area is 127 Å². The van der Waals surface area contributed by atoms with Crippen LogP contribution in [0.2, 0.25) is 5.02 Å². The lowest BCUT2D eigenvalue weighted by atomic mass is 9.87. The molecule has 1 aromatic rings. The Kier molecular flexibility index (Phi) is 6.05. The maximum absolute atomic E-state index is 9.53. The first-order chi connectivity index (χ1) is 9.40. The zero-order valence-electron chi connectivity index (χ0n) is 12.6. The second kappa shape index (κ2) is 7.32. The largest absolute Gasteiger partial charge is 0.198 e. The average Bonchev–Trinajstić information content (AvgIpc) is 2.33. The number of halogens is 1. The van der Waals surface area contributed by atoms with Crippen LogP contribution in [-0.4, -0.2) is 0 Å². The van der Waals surface area contributed by atoms with E-state index >= 15 is 0 Å². The minimum atomic E-state index is 0.261. The van der Waals surface area contributed by atoms with Crippen LogP contribution in [0.5, 0.6) is 0 Å². The Morgan fingerprint density at radius 2 is 1.65 bits per heavy atom. The van der Waals surface area contributed by atoms with Crippen molar-refractivity contribution in [2.24, 2.45) is 11.8 Å². The average molecular weight is 289 g/mol. The molecule has 0 aromatic heterocycles. The molecule has 0 unspecified atom stereocenters. The van der Waals surface area contributed by atoms with E-state index in [9.17, 15) is 5.26 Å². The predicted octanol–water partition coefficient (Wildman–Crippen LogP) is 4.67. The first-order valence-corrected chi connectivity index (χ1v) is 7.38. The van der Waals surface area contributed by atoms with Crippen LogP contribution in [0.1, 0.15) is 49.9 Å². The molecule has 0 heterocycles. The second-order valence-electron chi connectivity index (χ2n) is 5.99. The number of nitrogens with zero attached hydrogens (tertiary/aromatic N) is 2. The van der Waals surface area contributed by atoms with Crippen molar-refractivity contribution in [1.29, 1.82) is 10.5 Å². The van der Waals surface area contributed by atoms with Crippen LogP contribution in [0.3, 0.4) is 0 Å². The Morgan fingerprint density at radius 3 is 2.10 bits per heavy atom. The number of nitriles is 2. The summed E-state index contributed by atoms with van der Waals surface area (Å²) >= 11 is 6.35. The van der Waals surface area contributed by atoms with E-state index in [1.165, 1.54) is 0 Å². The molecular weight excluding hydrogens is 268 g/mol. The fourth-order valence-electron chi connectivity index (χ4n) is 2.44. The van der Waals surface area contributed by atoms with Gasteiger partial charge in [0.05, 0.1) is 24.1 Å². The van der Waals surface area contributed by atoms with Gasteiger partial charge in [0, 0.05) is 5.02 Å². The number of benzene rings is 1. The molecule has 0 N–H and O–H groups in total. The first kappa shape index (κ1) is 16.5. The standard InChI is InChI=1S/C17H21ClN2/c1-11(2)7-13-9-17(18)14(5-6-19)15(8-12(3)4)16(13)10-20/h9,11-12H,5,7-8H2,1-4H3. The van der Waals surface area contributed by atoms with Crippen molar-refractivity contribution in [1.82, 2.24) is 0 Å². The molecule has 0 spiro atoms. The highest BCUT2D eigenvalue weighted by molar-refractivity contribution is 6.31. The van der Waals surface area contributed by atoms with Gasteiger partial charge in [-0.05, 0) is 47.4 Å². The van der Waals surface area contributed by atoms with E-state index in [4.69, 9.17) is 16.9 Å². The monoisotopic (exact) mass is 288 g/mol. The highest BCUT2D eigenvalue weighted by Gasteiger charge is 2.18. The molecule has 20 heavy (non-hydrogen) atoms. The van der Waals surface area contributed by atoms with Gasteiger partial charge in [0.15, 0.2) is 0 Å². The van der Waals surface area contributed by atoms with Gasteiger partial charge in [-0.25, -0.2) is 0 Å². The van der Waals surface area contributed by atoms with Gasteiger partial charge < -0.3 is 0 Å². The molecule has 0 saturated heterocycles. The van der Waals surface area contributed by atoms with E-state index in [0.717, 1.165) is 35.1 Å². The van der Waals surface area contributed by atoms with Crippen molar-refractivity contribution in [2.45, 2.75) is 47.0 Å². The van der Waals surface area contributed by atoms with Crippen LogP contribution in [0.15, 0.2) is 6.07 Å². The van der Waals surface area contributed by atoms with Gasteiger partial charge in [-0.15, -0.1) is 0 Å². The van der Waals surface area contributed by atoms with Crippen molar-refractivity contribution in [3.8, 4) is 12.1 Å². The van der Waals surface area contributed by atoms with E-state index < -0.39 is 0 Å². The van der Waals surface area contributed by atoms with E-state index in [1.807, 2.05) is 6.07 Å². The zero-order chi connectivity index (χ0) is 15.3. The molecule has 2 nitrogen and oxygen atoms in total. The van der Waals surface area contributed by atoms with Crippen molar-refractivity contribution in [3.63, 3.8) is 0 Å². The molecule has 0 saturated carbocycles. The molecule has 0 bridgehead atoms. The maximum atomic E-state index is 9.53. The molecule has 106 valence electrons. The summed E-state index contributed by atoms with van der Waals surface area (Å²) in [6.45, 7) is 8.47. The lowest BCUT2D eigenvalue weighted by Gasteiger charge is -2.18. The second-order valence-corrected chi connectivity index (χ2v) is 6.40. The molecular formula is C17H21ClN2. The van der Waals surface area contributed by atoms with Crippen molar-refractivity contribution in [2.75, 3.05) is 0 Å². The molecule has 0 amide bonds. The predicted molar refractivity (Wildman–Crippen MR) is 82.6 cm³/mol. The summed E-state index contributed by atoms with van der Waals surface area (Å²) in [5, 5.41) is 19.1. The molecule has 3 heteroatoms. The van der Waals surface area contributed by atoms with Gasteiger partial charge in [-0.1, -0.05) is 39.3 Å². The lowest BCUT2D eigenvalue weighted by molar-refractivity contribution is 0.631. The minimum absolute atomic E-state index is 0.261. The molecule has 0 aliphatic heterocycles. The summed E-state index contributed by atoms with van der Waals surface area (Å²) in [5.74, 6) is 0.886. The van der Waals surface area contributed by atoms with Gasteiger partial charge >= 0.3 is 0 Å². The minimum Gasteiger partial charge on any atom is -0.198 e. The van der Waals surface area contributed by atoms with Crippen molar-refractivity contribution in [3.05, 3.63) is 33.3 Å². The first-order valence-electron chi connectivity index (χ1n) is 7.00.